The van der Waals surface area contributed by atoms with Crippen molar-refractivity contribution in [2.45, 2.75) is 19.8 Å². The third-order valence-corrected chi connectivity index (χ3v) is 3.38. The predicted molar refractivity (Wildman–Crippen MR) is 71.9 cm³/mol. The molecule has 0 bridgehead atoms. The number of ether oxygens (including phenoxy) is 2. The highest BCUT2D eigenvalue weighted by Gasteiger charge is 2.25. The fourth-order valence-electron chi connectivity index (χ4n) is 2.10. The van der Waals surface area contributed by atoms with Crippen LogP contribution in [0.4, 0.5) is 5.69 Å². The maximum atomic E-state index is 11.8. The van der Waals surface area contributed by atoms with Crippen LogP contribution < -0.4 is 4.74 Å². The van der Waals surface area contributed by atoms with Gasteiger partial charge >= 0.3 is 5.69 Å². The van der Waals surface area contributed by atoms with Crippen LogP contribution in [0.5, 0.6) is 5.75 Å². The monoisotopic (exact) mass is 279 g/mol. The quantitative estimate of drug-likeness (QED) is 0.589. The van der Waals surface area contributed by atoms with Gasteiger partial charge in [0.1, 0.15) is 6.61 Å². The highest BCUT2D eigenvalue weighted by molar-refractivity contribution is 5.83. The van der Waals surface area contributed by atoms with E-state index in [0.29, 0.717) is 26.1 Å². The van der Waals surface area contributed by atoms with E-state index in [1.165, 1.54) is 6.07 Å². The number of rotatable bonds is 6. The van der Waals surface area contributed by atoms with Gasteiger partial charge in [-0.1, -0.05) is 13.0 Å². The average Bonchev–Trinajstić information content (AvgIpc) is 2.98. The van der Waals surface area contributed by atoms with E-state index in [1.807, 2.05) is 6.92 Å². The SMILES string of the molecule is CCc1ccc(OCC(=O)C2CCOC2)c([N+](=O)[O-])c1. The highest BCUT2D eigenvalue weighted by Crippen LogP contribution is 2.28. The van der Waals surface area contributed by atoms with Crippen molar-refractivity contribution >= 4 is 11.5 Å². The second kappa shape index (κ2) is 6.47. The number of aryl methyl sites for hydroxylation is 1. The van der Waals surface area contributed by atoms with Crippen LogP contribution in [0.2, 0.25) is 0 Å². The van der Waals surface area contributed by atoms with Gasteiger partial charge in [-0.15, -0.1) is 0 Å². The van der Waals surface area contributed by atoms with E-state index in [0.717, 1.165) is 5.56 Å². The third kappa shape index (κ3) is 3.33. The molecule has 0 saturated carbocycles. The fraction of sp³-hybridized carbons (Fsp3) is 0.500. The maximum Gasteiger partial charge on any atom is 0.311 e. The van der Waals surface area contributed by atoms with Crippen LogP contribution >= 0.6 is 0 Å². The number of carbonyl (C=O) groups excluding carboxylic acids is 1. The van der Waals surface area contributed by atoms with E-state index in [4.69, 9.17) is 9.47 Å². The molecule has 1 aliphatic rings. The van der Waals surface area contributed by atoms with Crippen LogP contribution in [0.1, 0.15) is 18.9 Å². The van der Waals surface area contributed by atoms with Crippen LogP contribution in [0.3, 0.4) is 0 Å². The Morgan fingerprint density at radius 2 is 2.35 bits per heavy atom. The fourth-order valence-corrected chi connectivity index (χ4v) is 2.10. The molecule has 1 heterocycles. The minimum Gasteiger partial charge on any atom is -0.479 e. The number of Topliss-reactive ketones (excluding diaryl/α,β-unsaturated/α-hetero) is 1. The minimum atomic E-state index is -0.488. The third-order valence-electron chi connectivity index (χ3n) is 3.38. The first-order valence-electron chi connectivity index (χ1n) is 6.62. The first-order valence-corrected chi connectivity index (χ1v) is 6.62. The normalized spacial score (nSPS) is 17.9. The lowest BCUT2D eigenvalue weighted by Gasteiger charge is -2.09. The smallest absolute Gasteiger partial charge is 0.311 e. The van der Waals surface area contributed by atoms with E-state index < -0.39 is 4.92 Å². The molecule has 0 radical (unpaired) electrons. The Morgan fingerprint density at radius 3 is 2.95 bits per heavy atom. The van der Waals surface area contributed by atoms with Crippen molar-refractivity contribution < 1.29 is 19.2 Å². The molecule has 6 nitrogen and oxygen atoms in total. The first kappa shape index (κ1) is 14.5. The Kier molecular flexibility index (Phi) is 4.68. The lowest BCUT2D eigenvalue weighted by atomic mass is 10.0. The summed E-state index contributed by atoms with van der Waals surface area (Å²) < 4.78 is 10.5. The molecule has 0 N–H and O–H groups in total. The van der Waals surface area contributed by atoms with Gasteiger partial charge in [0.05, 0.1) is 11.5 Å². The molecule has 0 aliphatic carbocycles. The zero-order chi connectivity index (χ0) is 14.5. The van der Waals surface area contributed by atoms with Crippen molar-refractivity contribution in [3.05, 3.63) is 33.9 Å². The van der Waals surface area contributed by atoms with E-state index >= 15 is 0 Å². The van der Waals surface area contributed by atoms with Gasteiger partial charge in [-0.25, -0.2) is 0 Å². The van der Waals surface area contributed by atoms with Crippen molar-refractivity contribution in [3.8, 4) is 5.75 Å². The Labute approximate surface area is 116 Å². The lowest BCUT2D eigenvalue weighted by Crippen LogP contribution is -2.21. The molecule has 108 valence electrons. The molecule has 20 heavy (non-hydrogen) atoms. The topological polar surface area (TPSA) is 78.7 Å². The predicted octanol–water partition coefficient (Wildman–Crippen LogP) is 2.14. The zero-order valence-electron chi connectivity index (χ0n) is 11.3. The molecule has 1 atom stereocenters. The molecule has 2 rings (SSSR count). The summed E-state index contributed by atoms with van der Waals surface area (Å²) in [7, 11) is 0. The second-order valence-corrected chi connectivity index (χ2v) is 4.73. The summed E-state index contributed by atoms with van der Waals surface area (Å²) in [6.45, 7) is 2.77. The molecule has 0 spiro atoms. The van der Waals surface area contributed by atoms with Crippen molar-refractivity contribution in [2.75, 3.05) is 19.8 Å². The minimum absolute atomic E-state index is 0.0728. The zero-order valence-corrected chi connectivity index (χ0v) is 11.3. The number of hydrogen-bond acceptors (Lipinski definition) is 5. The number of hydrogen-bond donors (Lipinski definition) is 0. The molecule has 6 heteroatoms. The Hall–Kier alpha value is -1.95. The summed E-state index contributed by atoms with van der Waals surface area (Å²) in [6.07, 6.45) is 1.40. The number of carbonyl (C=O) groups is 1. The molecular formula is C14H17NO5. The molecule has 1 aromatic rings. The van der Waals surface area contributed by atoms with Crippen molar-refractivity contribution in [1.29, 1.82) is 0 Å². The molecule has 0 aromatic heterocycles. The summed E-state index contributed by atoms with van der Waals surface area (Å²) >= 11 is 0. The van der Waals surface area contributed by atoms with Crippen LogP contribution in [0.25, 0.3) is 0 Å². The summed E-state index contributed by atoms with van der Waals surface area (Å²) in [5, 5.41) is 11.0. The lowest BCUT2D eigenvalue weighted by molar-refractivity contribution is -0.385. The number of nitro benzene ring substituents is 1. The van der Waals surface area contributed by atoms with Crippen LogP contribution in [0, 0.1) is 16.0 Å². The maximum absolute atomic E-state index is 11.8. The van der Waals surface area contributed by atoms with Crippen LogP contribution in [0.15, 0.2) is 18.2 Å². The molecular weight excluding hydrogens is 262 g/mol. The standard InChI is InChI=1S/C14H17NO5/c1-2-10-3-4-14(12(7-10)15(17)18)20-9-13(16)11-5-6-19-8-11/h3-4,7,11H,2,5-6,8-9H2,1H3. The largest absolute Gasteiger partial charge is 0.479 e. The van der Waals surface area contributed by atoms with Crippen molar-refractivity contribution in [1.82, 2.24) is 0 Å². The summed E-state index contributed by atoms with van der Waals surface area (Å²) in [5.41, 5.74) is 0.763. The Bertz CT molecular complexity index is 508. The molecule has 1 aliphatic heterocycles. The first-order chi connectivity index (χ1) is 9.61. The Morgan fingerprint density at radius 1 is 1.55 bits per heavy atom. The molecule has 1 aromatic carbocycles. The van der Waals surface area contributed by atoms with Gasteiger partial charge in [-0.3, -0.25) is 14.9 Å². The van der Waals surface area contributed by atoms with Gasteiger partial charge in [-0.05, 0) is 24.5 Å². The number of nitro groups is 1. The number of nitrogens with zero attached hydrogens (tertiary/aromatic N) is 1. The van der Waals surface area contributed by atoms with Gasteiger partial charge in [-0.2, -0.15) is 0 Å². The van der Waals surface area contributed by atoms with E-state index in [-0.39, 0.29) is 29.7 Å². The number of benzene rings is 1. The molecule has 1 saturated heterocycles. The van der Waals surface area contributed by atoms with Crippen molar-refractivity contribution in [3.63, 3.8) is 0 Å². The second-order valence-electron chi connectivity index (χ2n) is 4.73. The van der Waals surface area contributed by atoms with Gasteiger partial charge in [0.2, 0.25) is 0 Å². The number of ketones is 1. The van der Waals surface area contributed by atoms with Crippen molar-refractivity contribution in [2.24, 2.45) is 5.92 Å². The van der Waals surface area contributed by atoms with E-state index in [9.17, 15) is 14.9 Å². The van der Waals surface area contributed by atoms with Crippen LogP contribution in [-0.4, -0.2) is 30.5 Å². The molecule has 0 amide bonds. The van der Waals surface area contributed by atoms with Gasteiger partial charge in [0.25, 0.3) is 0 Å². The van der Waals surface area contributed by atoms with Gasteiger partial charge < -0.3 is 9.47 Å². The van der Waals surface area contributed by atoms with Gasteiger partial charge in [0.15, 0.2) is 11.5 Å². The van der Waals surface area contributed by atoms with Crippen LogP contribution in [-0.2, 0) is 16.0 Å². The molecule has 1 fully saturated rings. The summed E-state index contributed by atoms with van der Waals surface area (Å²) in [6, 6.07) is 4.80. The van der Waals surface area contributed by atoms with E-state index in [1.54, 1.807) is 12.1 Å². The highest BCUT2D eigenvalue weighted by atomic mass is 16.6. The molecule has 1 unspecified atom stereocenters. The summed E-state index contributed by atoms with van der Waals surface area (Å²) in [5.74, 6) is -0.0835. The van der Waals surface area contributed by atoms with Gasteiger partial charge in [0, 0.05) is 18.6 Å². The summed E-state index contributed by atoms with van der Waals surface area (Å²) in [4.78, 5) is 22.4. The van der Waals surface area contributed by atoms with E-state index in [2.05, 4.69) is 0 Å². The Balaban J connectivity index is 2.04. The average molecular weight is 279 g/mol.